The van der Waals surface area contributed by atoms with Crippen molar-refractivity contribution < 1.29 is 8.81 Å². The predicted octanol–water partition coefficient (Wildman–Crippen LogP) is 4.07. The van der Waals surface area contributed by atoms with E-state index in [1.165, 1.54) is 12.1 Å². The number of hydrogen-bond acceptors (Lipinski definition) is 3. The summed E-state index contributed by atoms with van der Waals surface area (Å²) in [6.45, 7) is 4.27. The maximum atomic E-state index is 13.3. The number of nitrogens with zero attached hydrogens (tertiary/aromatic N) is 3. The second-order valence-corrected chi connectivity index (χ2v) is 5.53. The minimum absolute atomic E-state index is 0.291. The Hall–Kier alpha value is -1.88. The SMILES string of the molecule is CCc1cnc(Cn2c(C(C)Cl)nc3cc(F)ccc32)o1. The van der Waals surface area contributed by atoms with Crippen molar-refractivity contribution in [3.63, 3.8) is 0 Å². The van der Waals surface area contributed by atoms with Crippen LogP contribution >= 0.6 is 11.6 Å². The van der Waals surface area contributed by atoms with Gasteiger partial charge in [-0.05, 0) is 19.1 Å². The zero-order valence-corrected chi connectivity index (χ0v) is 12.6. The van der Waals surface area contributed by atoms with Crippen molar-refractivity contribution in [2.45, 2.75) is 32.2 Å². The molecule has 4 nitrogen and oxygen atoms in total. The summed E-state index contributed by atoms with van der Waals surface area (Å²) in [6.07, 6.45) is 2.51. The van der Waals surface area contributed by atoms with Gasteiger partial charge in [0.05, 0.1) is 22.6 Å². The van der Waals surface area contributed by atoms with Crippen LogP contribution in [0.25, 0.3) is 11.0 Å². The van der Waals surface area contributed by atoms with Gasteiger partial charge in [-0.25, -0.2) is 14.4 Å². The number of hydrogen-bond donors (Lipinski definition) is 0. The number of fused-ring (bicyclic) bond motifs is 1. The summed E-state index contributed by atoms with van der Waals surface area (Å²) in [4.78, 5) is 8.67. The molecule has 110 valence electrons. The molecule has 3 aromatic rings. The van der Waals surface area contributed by atoms with Gasteiger partial charge in [0.2, 0.25) is 5.89 Å². The third-order valence-corrected chi connectivity index (χ3v) is 3.53. The highest BCUT2D eigenvalue weighted by Gasteiger charge is 2.17. The summed E-state index contributed by atoms with van der Waals surface area (Å²) in [7, 11) is 0. The molecule has 3 rings (SSSR count). The van der Waals surface area contributed by atoms with Crippen molar-refractivity contribution in [3.05, 3.63) is 47.7 Å². The van der Waals surface area contributed by atoms with Gasteiger partial charge in [0, 0.05) is 12.5 Å². The standard InChI is InChI=1S/C15H15ClFN3O/c1-3-11-7-18-14(21-11)8-20-13-5-4-10(17)6-12(13)19-15(20)9(2)16/h4-7,9H,3,8H2,1-2H3. The number of rotatable bonds is 4. The van der Waals surface area contributed by atoms with Crippen LogP contribution < -0.4 is 0 Å². The highest BCUT2D eigenvalue weighted by molar-refractivity contribution is 6.20. The normalized spacial score (nSPS) is 13.0. The highest BCUT2D eigenvalue weighted by Crippen LogP contribution is 2.26. The fraction of sp³-hybridized carbons (Fsp3) is 0.333. The number of oxazole rings is 1. The van der Waals surface area contributed by atoms with E-state index in [9.17, 15) is 4.39 Å². The van der Waals surface area contributed by atoms with E-state index in [1.54, 1.807) is 12.3 Å². The maximum absolute atomic E-state index is 13.3. The van der Waals surface area contributed by atoms with Gasteiger partial charge >= 0.3 is 0 Å². The third-order valence-electron chi connectivity index (χ3n) is 3.34. The lowest BCUT2D eigenvalue weighted by molar-refractivity contribution is 0.445. The minimum Gasteiger partial charge on any atom is -0.444 e. The summed E-state index contributed by atoms with van der Waals surface area (Å²) in [5, 5.41) is -0.291. The van der Waals surface area contributed by atoms with Crippen molar-refractivity contribution >= 4 is 22.6 Å². The Bertz CT molecular complexity index is 778. The molecular weight excluding hydrogens is 293 g/mol. The molecule has 0 spiro atoms. The van der Waals surface area contributed by atoms with Crippen molar-refractivity contribution in [2.75, 3.05) is 0 Å². The second kappa shape index (κ2) is 5.48. The Morgan fingerprint density at radius 3 is 2.90 bits per heavy atom. The predicted molar refractivity (Wildman–Crippen MR) is 78.9 cm³/mol. The van der Waals surface area contributed by atoms with Crippen LogP contribution in [-0.4, -0.2) is 14.5 Å². The van der Waals surface area contributed by atoms with E-state index < -0.39 is 0 Å². The lowest BCUT2D eigenvalue weighted by atomic mass is 10.3. The first kappa shape index (κ1) is 14.1. The van der Waals surface area contributed by atoms with Crippen molar-refractivity contribution in [1.82, 2.24) is 14.5 Å². The average Bonchev–Trinajstić information content (AvgIpc) is 3.04. The van der Waals surface area contributed by atoms with Crippen LogP contribution in [0.2, 0.25) is 0 Å². The van der Waals surface area contributed by atoms with Gasteiger partial charge in [-0.3, -0.25) is 0 Å². The van der Waals surface area contributed by atoms with Crippen LogP contribution in [0.3, 0.4) is 0 Å². The molecule has 0 aliphatic heterocycles. The summed E-state index contributed by atoms with van der Waals surface area (Å²) in [6, 6.07) is 4.52. The van der Waals surface area contributed by atoms with Crippen molar-refractivity contribution in [2.24, 2.45) is 0 Å². The van der Waals surface area contributed by atoms with Crippen LogP contribution in [0, 0.1) is 5.82 Å². The number of aryl methyl sites for hydroxylation is 1. The molecule has 6 heteroatoms. The first-order valence-electron chi connectivity index (χ1n) is 6.81. The first-order valence-corrected chi connectivity index (χ1v) is 7.25. The smallest absolute Gasteiger partial charge is 0.214 e. The van der Waals surface area contributed by atoms with E-state index in [-0.39, 0.29) is 11.2 Å². The van der Waals surface area contributed by atoms with E-state index in [2.05, 4.69) is 9.97 Å². The molecule has 0 bridgehead atoms. The summed E-state index contributed by atoms with van der Waals surface area (Å²) >= 11 is 6.19. The summed E-state index contributed by atoms with van der Waals surface area (Å²) in [5.41, 5.74) is 1.40. The quantitative estimate of drug-likeness (QED) is 0.682. The lowest BCUT2D eigenvalue weighted by Gasteiger charge is -2.08. The van der Waals surface area contributed by atoms with Crippen LogP contribution in [0.1, 0.15) is 36.7 Å². The molecule has 1 unspecified atom stereocenters. The van der Waals surface area contributed by atoms with Crippen LogP contribution in [0.5, 0.6) is 0 Å². The lowest BCUT2D eigenvalue weighted by Crippen LogP contribution is -2.06. The van der Waals surface area contributed by atoms with Crippen LogP contribution in [0.4, 0.5) is 4.39 Å². The average molecular weight is 308 g/mol. The molecule has 0 amide bonds. The molecule has 0 fully saturated rings. The monoisotopic (exact) mass is 307 g/mol. The van der Waals surface area contributed by atoms with E-state index in [0.717, 1.165) is 17.7 Å². The van der Waals surface area contributed by atoms with E-state index in [0.29, 0.717) is 23.8 Å². The van der Waals surface area contributed by atoms with Gasteiger partial charge in [-0.1, -0.05) is 6.92 Å². The fourth-order valence-electron chi connectivity index (χ4n) is 2.31. The second-order valence-electron chi connectivity index (χ2n) is 4.88. The molecular formula is C15H15ClFN3O. The zero-order valence-electron chi connectivity index (χ0n) is 11.8. The Morgan fingerprint density at radius 1 is 1.43 bits per heavy atom. The van der Waals surface area contributed by atoms with E-state index in [4.69, 9.17) is 16.0 Å². The molecule has 2 heterocycles. The molecule has 0 aliphatic rings. The zero-order chi connectivity index (χ0) is 15.0. The molecule has 21 heavy (non-hydrogen) atoms. The van der Waals surface area contributed by atoms with Crippen LogP contribution in [-0.2, 0) is 13.0 Å². The Morgan fingerprint density at radius 2 is 2.24 bits per heavy atom. The largest absolute Gasteiger partial charge is 0.444 e. The number of alkyl halides is 1. The van der Waals surface area contributed by atoms with Crippen LogP contribution in [0.15, 0.2) is 28.8 Å². The van der Waals surface area contributed by atoms with Gasteiger partial charge in [0.15, 0.2) is 0 Å². The maximum Gasteiger partial charge on any atom is 0.214 e. The number of imidazole rings is 1. The molecule has 1 aromatic carbocycles. The van der Waals surface area contributed by atoms with Gasteiger partial charge in [0.25, 0.3) is 0 Å². The summed E-state index contributed by atoms with van der Waals surface area (Å²) < 4.78 is 20.9. The number of halogens is 2. The Kier molecular flexibility index (Phi) is 3.68. The van der Waals surface area contributed by atoms with E-state index in [1.807, 2.05) is 18.4 Å². The van der Waals surface area contributed by atoms with Gasteiger partial charge in [-0.2, -0.15) is 0 Å². The molecule has 1 atom stereocenters. The molecule has 0 N–H and O–H groups in total. The Balaban J connectivity index is 2.08. The fourth-order valence-corrected chi connectivity index (χ4v) is 2.48. The molecule has 0 saturated heterocycles. The van der Waals surface area contributed by atoms with E-state index >= 15 is 0 Å². The third kappa shape index (κ3) is 2.65. The van der Waals surface area contributed by atoms with Gasteiger partial charge in [-0.15, -0.1) is 11.6 Å². The number of benzene rings is 1. The highest BCUT2D eigenvalue weighted by atomic mass is 35.5. The molecule has 2 aromatic heterocycles. The topological polar surface area (TPSA) is 43.9 Å². The summed E-state index contributed by atoms with van der Waals surface area (Å²) in [5.74, 6) is 1.79. The van der Waals surface area contributed by atoms with Gasteiger partial charge < -0.3 is 8.98 Å². The van der Waals surface area contributed by atoms with Crippen molar-refractivity contribution in [3.8, 4) is 0 Å². The molecule has 0 saturated carbocycles. The Labute approximate surface area is 126 Å². The molecule has 0 aliphatic carbocycles. The van der Waals surface area contributed by atoms with Crippen molar-refractivity contribution in [1.29, 1.82) is 0 Å². The molecule has 0 radical (unpaired) electrons. The number of aromatic nitrogens is 3. The first-order chi connectivity index (χ1) is 10.1. The van der Waals surface area contributed by atoms with Gasteiger partial charge in [0.1, 0.15) is 23.9 Å². The minimum atomic E-state index is -0.315.